The molecule has 1 saturated heterocycles. The van der Waals surface area contributed by atoms with E-state index in [0.717, 1.165) is 23.0 Å². The lowest BCUT2D eigenvalue weighted by molar-refractivity contribution is 0.216. The first-order chi connectivity index (χ1) is 14.1. The van der Waals surface area contributed by atoms with Gasteiger partial charge in [0.15, 0.2) is 11.6 Å². The SMILES string of the molecule is CC=C[SiH]1CCC([C@H]2CC[C@H](c3ccc(-c4ccc(F)c(F)c4)cc3)CC2)CC1. The third-order valence-corrected chi connectivity index (χ3v) is 10.4. The number of hydrogen-bond acceptors (Lipinski definition) is 0. The van der Waals surface area contributed by atoms with Crippen molar-refractivity contribution in [1.29, 1.82) is 0 Å². The standard InChI is InChI=1S/C26H32F2Si/c1-2-15-29-16-13-23(14-17-29)21-5-3-19(4-6-21)20-7-9-22(10-8-20)24-11-12-25(27)26(28)18-24/h2,7-12,15,18-19,21,23,29H,3-6,13-14,16-17H2,1H3/t19-,21-,23?,29?. The molecule has 4 rings (SSSR count). The van der Waals surface area contributed by atoms with E-state index in [4.69, 9.17) is 0 Å². The van der Waals surface area contributed by atoms with Crippen LogP contribution in [0.4, 0.5) is 8.78 Å². The van der Waals surface area contributed by atoms with E-state index in [0.29, 0.717) is 5.92 Å². The number of benzene rings is 2. The van der Waals surface area contributed by atoms with Gasteiger partial charge in [0.05, 0.1) is 8.80 Å². The summed E-state index contributed by atoms with van der Waals surface area (Å²) in [7, 11) is -0.542. The van der Waals surface area contributed by atoms with E-state index in [1.165, 1.54) is 68.3 Å². The van der Waals surface area contributed by atoms with Crippen LogP contribution in [0.25, 0.3) is 11.1 Å². The molecule has 2 aromatic carbocycles. The fraction of sp³-hybridized carbons (Fsp3) is 0.462. The highest BCUT2D eigenvalue weighted by molar-refractivity contribution is 6.64. The Morgan fingerprint density at radius 1 is 0.759 bits per heavy atom. The number of rotatable bonds is 4. The predicted molar refractivity (Wildman–Crippen MR) is 121 cm³/mol. The molecule has 0 unspecified atom stereocenters. The maximum atomic E-state index is 13.5. The second-order valence-corrected chi connectivity index (χ2v) is 12.1. The fourth-order valence-corrected chi connectivity index (χ4v) is 8.56. The van der Waals surface area contributed by atoms with Crippen LogP contribution in [0.3, 0.4) is 0 Å². The highest BCUT2D eigenvalue weighted by Gasteiger charge is 2.31. The average Bonchev–Trinajstić information content (AvgIpc) is 2.77. The zero-order chi connectivity index (χ0) is 20.2. The van der Waals surface area contributed by atoms with Crippen LogP contribution in [0.5, 0.6) is 0 Å². The summed E-state index contributed by atoms with van der Waals surface area (Å²) in [6.45, 7) is 2.17. The molecular weight excluding hydrogens is 378 g/mol. The maximum Gasteiger partial charge on any atom is 0.159 e. The van der Waals surface area contributed by atoms with Crippen molar-refractivity contribution in [3.05, 3.63) is 71.4 Å². The Bertz CT molecular complexity index is 826. The van der Waals surface area contributed by atoms with E-state index in [-0.39, 0.29) is 0 Å². The van der Waals surface area contributed by atoms with Crippen LogP contribution in [-0.2, 0) is 0 Å². The fourth-order valence-electron chi connectivity index (χ4n) is 5.63. The van der Waals surface area contributed by atoms with Crippen LogP contribution in [0.2, 0.25) is 12.1 Å². The predicted octanol–water partition coefficient (Wildman–Crippen LogP) is 7.66. The van der Waals surface area contributed by atoms with Gasteiger partial charge in [0, 0.05) is 0 Å². The smallest absolute Gasteiger partial charge is 0.159 e. The lowest BCUT2D eigenvalue weighted by Crippen LogP contribution is -2.27. The lowest BCUT2D eigenvalue weighted by Gasteiger charge is -2.37. The van der Waals surface area contributed by atoms with Gasteiger partial charge in [0.25, 0.3) is 0 Å². The molecule has 2 aliphatic rings. The normalized spacial score (nSPS) is 28.0. The van der Waals surface area contributed by atoms with E-state index in [2.05, 4.69) is 43.0 Å². The minimum atomic E-state index is -0.792. The van der Waals surface area contributed by atoms with Crippen LogP contribution >= 0.6 is 0 Å². The van der Waals surface area contributed by atoms with Crippen molar-refractivity contribution in [3.63, 3.8) is 0 Å². The molecule has 3 heteroatoms. The molecule has 2 fully saturated rings. The Kier molecular flexibility index (Phi) is 6.64. The molecule has 154 valence electrons. The Morgan fingerprint density at radius 2 is 1.38 bits per heavy atom. The molecule has 0 radical (unpaired) electrons. The first-order valence-corrected chi connectivity index (χ1v) is 13.6. The Labute approximate surface area is 175 Å². The van der Waals surface area contributed by atoms with Crippen molar-refractivity contribution in [2.75, 3.05) is 0 Å². The average molecular weight is 411 g/mol. The highest BCUT2D eigenvalue weighted by atomic mass is 28.3. The summed E-state index contributed by atoms with van der Waals surface area (Å²) in [6, 6.07) is 15.7. The van der Waals surface area contributed by atoms with Gasteiger partial charge in [-0.25, -0.2) is 8.78 Å². The lowest BCUT2D eigenvalue weighted by atomic mass is 9.72. The third kappa shape index (κ3) is 4.88. The maximum absolute atomic E-state index is 13.5. The van der Waals surface area contributed by atoms with Crippen molar-refractivity contribution in [1.82, 2.24) is 0 Å². The third-order valence-electron chi connectivity index (χ3n) is 7.35. The molecule has 1 saturated carbocycles. The first-order valence-electron chi connectivity index (χ1n) is 11.3. The van der Waals surface area contributed by atoms with Crippen LogP contribution in [0.15, 0.2) is 54.2 Å². The van der Waals surface area contributed by atoms with E-state index in [9.17, 15) is 8.78 Å². The monoisotopic (exact) mass is 410 g/mol. The molecule has 0 aromatic heterocycles. The van der Waals surface area contributed by atoms with E-state index >= 15 is 0 Å². The molecule has 29 heavy (non-hydrogen) atoms. The summed E-state index contributed by atoms with van der Waals surface area (Å²) in [5.74, 6) is 0.986. The molecule has 1 aliphatic carbocycles. The van der Waals surface area contributed by atoms with Crippen LogP contribution < -0.4 is 0 Å². The first kappa shape index (κ1) is 20.5. The summed E-state index contributed by atoms with van der Waals surface area (Å²) in [6.07, 6.45) is 10.5. The molecular formula is C26H32F2Si. The number of hydrogen-bond donors (Lipinski definition) is 0. The Morgan fingerprint density at radius 3 is 2.00 bits per heavy atom. The molecule has 0 atom stereocenters. The van der Waals surface area contributed by atoms with Gasteiger partial charge >= 0.3 is 0 Å². The molecule has 0 N–H and O–H groups in total. The molecule has 0 nitrogen and oxygen atoms in total. The van der Waals surface area contributed by atoms with Crippen molar-refractivity contribution in [2.45, 2.75) is 63.5 Å². The van der Waals surface area contributed by atoms with Crippen LogP contribution in [-0.4, -0.2) is 8.80 Å². The van der Waals surface area contributed by atoms with Crippen LogP contribution in [0.1, 0.15) is 56.9 Å². The largest absolute Gasteiger partial charge is 0.204 e. The zero-order valence-electron chi connectivity index (χ0n) is 17.4. The number of allylic oxidation sites excluding steroid dienone is 1. The topological polar surface area (TPSA) is 0 Å². The van der Waals surface area contributed by atoms with Gasteiger partial charge in [-0.1, -0.05) is 61.3 Å². The summed E-state index contributed by atoms with van der Waals surface area (Å²) in [5.41, 5.74) is 5.62. The van der Waals surface area contributed by atoms with E-state index in [1.807, 2.05) is 0 Å². The highest BCUT2D eigenvalue weighted by Crippen LogP contribution is 2.43. The zero-order valence-corrected chi connectivity index (χ0v) is 18.6. The second kappa shape index (κ2) is 9.38. The van der Waals surface area contributed by atoms with Gasteiger partial charge in [-0.2, -0.15) is 0 Å². The summed E-state index contributed by atoms with van der Waals surface area (Å²) >= 11 is 0. The van der Waals surface area contributed by atoms with Gasteiger partial charge in [-0.3, -0.25) is 0 Å². The van der Waals surface area contributed by atoms with Crippen molar-refractivity contribution in [3.8, 4) is 11.1 Å². The van der Waals surface area contributed by atoms with Gasteiger partial charge in [0.2, 0.25) is 0 Å². The molecule has 1 heterocycles. The van der Waals surface area contributed by atoms with Crippen molar-refractivity contribution in [2.24, 2.45) is 11.8 Å². The number of halogens is 2. The molecule has 0 bridgehead atoms. The van der Waals surface area contributed by atoms with Gasteiger partial charge in [-0.15, -0.1) is 5.70 Å². The summed E-state index contributed by atoms with van der Waals surface area (Å²) in [4.78, 5) is 0. The van der Waals surface area contributed by atoms with E-state index < -0.39 is 20.4 Å². The minimum absolute atomic E-state index is 0.542. The minimum Gasteiger partial charge on any atom is -0.204 e. The van der Waals surface area contributed by atoms with Gasteiger partial charge in [-0.05, 0) is 79.2 Å². The van der Waals surface area contributed by atoms with Crippen molar-refractivity contribution >= 4 is 8.80 Å². The molecule has 1 aliphatic heterocycles. The van der Waals surface area contributed by atoms with Crippen LogP contribution in [0, 0.1) is 23.5 Å². The van der Waals surface area contributed by atoms with Crippen molar-refractivity contribution < 1.29 is 8.78 Å². The summed E-state index contributed by atoms with van der Waals surface area (Å²) in [5, 5.41) is 0. The second-order valence-electron chi connectivity index (χ2n) is 9.06. The Balaban J connectivity index is 1.32. The molecule has 0 amide bonds. The van der Waals surface area contributed by atoms with Gasteiger partial charge in [0.1, 0.15) is 0 Å². The van der Waals surface area contributed by atoms with E-state index in [1.54, 1.807) is 6.07 Å². The van der Waals surface area contributed by atoms with Gasteiger partial charge < -0.3 is 0 Å². The molecule has 2 aromatic rings. The Hall–Kier alpha value is -1.74. The molecule has 0 spiro atoms. The summed E-state index contributed by atoms with van der Waals surface area (Å²) < 4.78 is 26.7. The quantitative estimate of drug-likeness (QED) is 0.454.